The summed E-state index contributed by atoms with van der Waals surface area (Å²) < 4.78 is 1.53. The lowest BCUT2D eigenvalue weighted by Gasteiger charge is -2.83. The second-order valence-electron chi connectivity index (χ2n) is 3.47. The van der Waals surface area contributed by atoms with Crippen molar-refractivity contribution in [1.82, 2.24) is 0 Å². The average Bonchev–Trinajstić information content (AvgIpc) is 0.503. The van der Waals surface area contributed by atoms with Crippen molar-refractivity contribution in [3.8, 4) is 0 Å². The second kappa shape index (κ2) is 0.305. The molecule has 0 aromatic heterocycles. The van der Waals surface area contributed by atoms with Gasteiger partial charge in [0.1, 0.15) is 26.2 Å². The van der Waals surface area contributed by atoms with Gasteiger partial charge in [0.05, 0.1) is 0 Å². The quantitative estimate of drug-likeness (QED) is 0.356. The zero-order valence-electron chi connectivity index (χ0n) is 3.78. The lowest BCUT2D eigenvalue weighted by molar-refractivity contribution is -1.16. The highest BCUT2D eigenvalue weighted by atomic mass is 15.6. The topological polar surface area (TPSA) is 0 Å². The Morgan fingerprint density at radius 1 is 1.00 bits per heavy atom. The Bertz CT molecular complexity index is 80.9. The van der Waals surface area contributed by atoms with Gasteiger partial charge in [-0.25, -0.2) is 0 Å². The molecule has 0 amide bonds. The molecule has 6 heavy (non-hydrogen) atoms. The molecule has 0 atom stereocenters. The van der Waals surface area contributed by atoms with Gasteiger partial charge < -0.3 is 4.48 Å². The normalized spacial score (nSPS) is 80.0. The summed E-state index contributed by atoms with van der Waals surface area (Å²) in [6.45, 7) is 6.25. The number of hydrogen-bond acceptors (Lipinski definition) is 0. The molecule has 6 saturated heterocycles. The van der Waals surface area contributed by atoms with Gasteiger partial charge in [-0.15, -0.1) is 0 Å². The molecule has 6 rings (SSSR count). The van der Waals surface area contributed by atoms with Gasteiger partial charge in [-0.05, 0) is 0 Å². The van der Waals surface area contributed by atoms with Gasteiger partial charge in [-0.1, -0.05) is 0 Å². The Kier molecular flexibility index (Phi) is 0.118. The van der Waals surface area contributed by atoms with Crippen molar-refractivity contribution in [3.05, 3.63) is 0 Å². The standard InChI is InChI=1S/C5H8N/c1-5-2-6(1,3-5)4-5/h1-4H2/q+1. The molecule has 0 aromatic rings. The fourth-order valence-corrected chi connectivity index (χ4v) is 2.57. The molecular weight excluding hydrogens is 74.1 g/mol. The molecular formula is C5H8N+. The van der Waals surface area contributed by atoms with Crippen molar-refractivity contribution in [1.29, 1.82) is 0 Å². The first-order valence-electron chi connectivity index (χ1n) is 2.68. The van der Waals surface area contributed by atoms with Crippen LogP contribution < -0.4 is 0 Å². The molecule has 0 radical (unpaired) electrons. The van der Waals surface area contributed by atoms with E-state index in [0.29, 0.717) is 0 Å². The maximum atomic E-state index is 1.56. The highest BCUT2D eigenvalue weighted by Gasteiger charge is 2.85. The van der Waals surface area contributed by atoms with Crippen LogP contribution in [0.2, 0.25) is 0 Å². The van der Waals surface area contributed by atoms with E-state index >= 15 is 0 Å². The highest BCUT2D eigenvalue weighted by molar-refractivity contribution is 5.09. The monoisotopic (exact) mass is 82.1 g/mol. The smallest absolute Gasteiger partial charge is 0.165 e. The summed E-state index contributed by atoms with van der Waals surface area (Å²) >= 11 is 0. The summed E-state index contributed by atoms with van der Waals surface area (Å²) in [5.74, 6) is 0. The third kappa shape index (κ3) is 0.0604. The van der Waals surface area contributed by atoms with Crippen LogP contribution in [0.1, 0.15) is 0 Å². The van der Waals surface area contributed by atoms with Crippen molar-refractivity contribution in [2.24, 2.45) is 5.41 Å². The van der Waals surface area contributed by atoms with Crippen LogP contribution in [0.3, 0.4) is 0 Å². The molecule has 6 aliphatic rings. The number of quaternary nitrogens is 1. The molecule has 1 heteroatoms. The molecule has 6 fully saturated rings. The van der Waals surface area contributed by atoms with Crippen LogP contribution in [-0.2, 0) is 0 Å². The van der Waals surface area contributed by atoms with Gasteiger partial charge in [-0.3, -0.25) is 0 Å². The Hall–Kier alpha value is -0.0400. The lowest BCUT2D eigenvalue weighted by atomic mass is 9.52. The van der Waals surface area contributed by atoms with E-state index < -0.39 is 0 Å². The molecule has 6 heterocycles. The molecule has 0 aromatic carbocycles. The first kappa shape index (κ1) is 2.31. The van der Waals surface area contributed by atoms with E-state index in [1.165, 1.54) is 4.48 Å². The Balaban J connectivity index is 2.31. The van der Waals surface area contributed by atoms with Crippen LogP contribution in [0.4, 0.5) is 0 Å². The minimum atomic E-state index is 0.972. The predicted octanol–water partition coefficient (Wildman–Crippen LogP) is -0.170. The van der Waals surface area contributed by atoms with E-state index in [0.717, 1.165) is 5.41 Å². The van der Waals surface area contributed by atoms with Gasteiger partial charge >= 0.3 is 0 Å². The van der Waals surface area contributed by atoms with Gasteiger partial charge in [-0.2, -0.15) is 0 Å². The predicted molar refractivity (Wildman–Crippen MR) is 22.2 cm³/mol. The van der Waals surface area contributed by atoms with Crippen molar-refractivity contribution in [3.63, 3.8) is 0 Å². The van der Waals surface area contributed by atoms with E-state index in [1.54, 1.807) is 26.2 Å². The van der Waals surface area contributed by atoms with Crippen molar-refractivity contribution in [2.75, 3.05) is 26.2 Å². The molecule has 6 aliphatic heterocycles. The summed E-state index contributed by atoms with van der Waals surface area (Å²) in [6.07, 6.45) is 0. The molecule has 1 nitrogen and oxygen atoms in total. The summed E-state index contributed by atoms with van der Waals surface area (Å²) in [5, 5.41) is 0. The van der Waals surface area contributed by atoms with Crippen LogP contribution in [0.5, 0.6) is 0 Å². The largest absolute Gasteiger partial charge is 0.319 e. The maximum Gasteiger partial charge on any atom is 0.165 e. The molecule has 32 valence electrons. The van der Waals surface area contributed by atoms with E-state index in [-0.39, 0.29) is 0 Å². The summed E-state index contributed by atoms with van der Waals surface area (Å²) in [5.41, 5.74) is 0.972. The fraction of sp³-hybridized carbons (Fsp3) is 1.00. The molecule has 0 spiro atoms. The first-order chi connectivity index (χ1) is 2.83. The SMILES string of the molecule is C1C23C[N+]1(C2)C3. The molecule has 0 unspecified atom stereocenters. The van der Waals surface area contributed by atoms with Crippen LogP contribution >= 0.6 is 0 Å². The number of hydrogen-bond donors (Lipinski definition) is 0. The minimum absolute atomic E-state index is 0.972. The zero-order valence-corrected chi connectivity index (χ0v) is 3.78. The first-order valence-corrected chi connectivity index (χ1v) is 2.68. The fourth-order valence-electron chi connectivity index (χ4n) is 2.57. The highest BCUT2D eigenvalue weighted by Crippen LogP contribution is 2.65. The maximum absolute atomic E-state index is 1.56. The van der Waals surface area contributed by atoms with Crippen LogP contribution in [0, 0.1) is 5.41 Å². The van der Waals surface area contributed by atoms with E-state index in [1.807, 2.05) is 0 Å². The Morgan fingerprint density at radius 3 is 1.17 bits per heavy atom. The molecule has 2 bridgehead atoms. The summed E-state index contributed by atoms with van der Waals surface area (Å²) in [4.78, 5) is 0. The van der Waals surface area contributed by atoms with Crippen molar-refractivity contribution < 1.29 is 4.48 Å². The van der Waals surface area contributed by atoms with Gasteiger partial charge in [0, 0.05) is 0 Å². The summed E-state index contributed by atoms with van der Waals surface area (Å²) in [7, 11) is 0. The van der Waals surface area contributed by atoms with Crippen molar-refractivity contribution in [2.45, 2.75) is 0 Å². The van der Waals surface area contributed by atoms with Crippen LogP contribution in [-0.4, -0.2) is 30.7 Å². The van der Waals surface area contributed by atoms with Crippen LogP contribution in [0.25, 0.3) is 0 Å². The third-order valence-corrected chi connectivity index (χ3v) is 2.68. The summed E-state index contributed by atoms with van der Waals surface area (Å²) in [6, 6.07) is 0. The van der Waals surface area contributed by atoms with Crippen LogP contribution in [0.15, 0.2) is 0 Å². The lowest BCUT2D eigenvalue weighted by Crippen LogP contribution is -3.02. The second-order valence-corrected chi connectivity index (χ2v) is 3.47. The average molecular weight is 82.1 g/mol. The molecule has 0 aliphatic carbocycles. The van der Waals surface area contributed by atoms with E-state index in [2.05, 4.69) is 0 Å². The number of rotatable bonds is 0. The van der Waals surface area contributed by atoms with Gasteiger partial charge in [0.2, 0.25) is 0 Å². The van der Waals surface area contributed by atoms with E-state index in [4.69, 9.17) is 0 Å². The van der Waals surface area contributed by atoms with Crippen molar-refractivity contribution >= 4 is 0 Å². The Morgan fingerprint density at radius 2 is 1.17 bits per heavy atom. The number of nitrogens with zero attached hydrogens (tertiary/aromatic N) is 1. The molecule has 0 saturated carbocycles. The third-order valence-electron chi connectivity index (χ3n) is 2.68. The van der Waals surface area contributed by atoms with Gasteiger partial charge in [0.15, 0.2) is 5.41 Å². The van der Waals surface area contributed by atoms with E-state index in [9.17, 15) is 0 Å². The minimum Gasteiger partial charge on any atom is -0.319 e. The zero-order chi connectivity index (χ0) is 3.83. The Labute approximate surface area is 37.2 Å². The molecule has 0 N–H and O–H groups in total. The van der Waals surface area contributed by atoms with Gasteiger partial charge in [0.25, 0.3) is 0 Å².